The van der Waals surface area contributed by atoms with Gasteiger partial charge in [0.15, 0.2) is 5.78 Å². The number of carboxylic acids is 1. The third kappa shape index (κ3) is 5.80. The highest BCUT2D eigenvalue weighted by molar-refractivity contribution is 5.88. The maximum atomic E-state index is 11.6. The first kappa shape index (κ1) is 16.6. The molecule has 0 aromatic carbocycles. The summed E-state index contributed by atoms with van der Waals surface area (Å²) < 4.78 is 0. The molecule has 0 bridgehead atoms. The minimum absolute atomic E-state index is 0.0347. The van der Waals surface area contributed by atoms with Gasteiger partial charge in [-0.15, -0.1) is 0 Å². The van der Waals surface area contributed by atoms with Gasteiger partial charge in [0.05, 0.1) is 12.5 Å². The van der Waals surface area contributed by atoms with Crippen LogP contribution >= 0.6 is 0 Å². The zero-order chi connectivity index (χ0) is 14.5. The molecular weight excluding hydrogens is 234 g/mol. The van der Waals surface area contributed by atoms with E-state index in [9.17, 15) is 14.4 Å². The van der Waals surface area contributed by atoms with Gasteiger partial charge in [-0.3, -0.25) is 14.4 Å². The zero-order valence-corrected chi connectivity index (χ0v) is 11.7. The Hall–Kier alpha value is -1.39. The van der Waals surface area contributed by atoms with Gasteiger partial charge in [-0.25, -0.2) is 0 Å². The fourth-order valence-electron chi connectivity index (χ4n) is 1.41. The molecule has 0 aliphatic rings. The van der Waals surface area contributed by atoms with Crippen LogP contribution in [0.4, 0.5) is 0 Å². The van der Waals surface area contributed by atoms with Crippen LogP contribution in [0.2, 0.25) is 0 Å². The van der Waals surface area contributed by atoms with Crippen molar-refractivity contribution in [2.75, 3.05) is 6.54 Å². The van der Waals surface area contributed by atoms with E-state index in [1.54, 1.807) is 34.6 Å². The molecule has 0 radical (unpaired) electrons. The number of hydrogen-bond donors (Lipinski definition) is 2. The van der Waals surface area contributed by atoms with Crippen LogP contribution in [0.15, 0.2) is 0 Å². The molecule has 0 aliphatic carbocycles. The van der Waals surface area contributed by atoms with Gasteiger partial charge in [-0.2, -0.15) is 0 Å². The van der Waals surface area contributed by atoms with Crippen molar-refractivity contribution in [1.82, 2.24) is 5.32 Å². The molecule has 0 rings (SSSR count). The van der Waals surface area contributed by atoms with Crippen molar-refractivity contribution < 1.29 is 19.5 Å². The van der Waals surface area contributed by atoms with Crippen LogP contribution < -0.4 is 5.32 Å². The predicted octanol–water partition coefficient (Wildman–Crippen LogP) is 1.46. The minimum Gasteiger partial charge on any atom is -0.481 e. The number of nitrogens with one attached hydrogen (secondary N) is 1. The molecule has 18 heavy (non-hydrogen) atoms. The molecule has 0 fully saturated rings. The Kier molecular flexibility index (Phi) is 6.01. The lowest BCUT2D eigenvalue weighted by atomic mass is 9.78. The van der Waals surface area contributed by atoms with Crippen LogP contribution in [0.25, 0.3) is 0 Å². The minimum atomic E-state index is -0.993. The number of carbonyl (C=O) groups is 3. The lowest BCUT2D eigenvalue weighted by Gasteiger charge is -2.26. The molecule has 104 valence electrons. The fourth-order valence-corrected chi connectivity index (χ4v) is 1.41. The van der Waals surface area contributed by atoms with Crippen molar-refractivity contribution in [3.05, 3.63) is 0 Å². The van der Waals surface area contributed by atoms with E-state index in [1.165, 1.54) is 0 Å². The van der Waals surface area contributed by atoms with E-state index in [4.69, 9.17) is 5.11 Å². The highest BCUT2D eigenvalue weighted by Gasteiger charge is 2.33. The smallest absolute Gasteiger partial charge is 0.307 e. The van der Waals surface area contributed by atoms with E-state index >= 15 is 0 Å². The molecule has 0 spiro atoms. The van der Waals surface area contributed by atoms with Gasteiger partial charge in [-0.1, -0.05) is 34.6 Å². The van der Waals surface area contributed by atoms with Crippen LogP contribution in [0.3, 0.4) is 0 Å². The molecule has 0 aromatic heterocycles. The van der Waals surface area contributed by atoms with Gasteiger partial charge in [0, 0.05) is 12.3 Å². The molecule has 0 saturated carbocycles. The molecule has 0 heterocycles. The van der Waals surface area contributed by atoms with E-state index < -0.39 is 23.2 Å². The molecule has 1 atom stereocenters. The van der Waals surface area contributed by atoms with Crippen LogP contribution in [-0.4, -0.2) is 29.3 Å². The largest absolute Gasteiger partial charge is 0.481 e. The normalized spacial score (nSPS) is 13.2. The van der Waals surface area contributed by atoms with Gasteiger partial charge in [-0.05, 0) is 5.41 Å². The first-order valence-electron chi connectivity index (χ1n) is 6.08. The Labute approximate surface area is 108 Å². The standard InChI is InChI=1S/C13H23NO4/c1-8(2)10(15)7-14-11(16)6-9(12(17)18)13(3,4)5/h8-9H,6-7H2,1-5H3,(H,14,16)(H,17,18). The van der Waals surface area contributed by atoms with Crippen molar-refractivity contribution in [1.29, 1.82) is 0 Å². The highest BCUT2D eigenvalue weighted by Crippen LogP contribution is 2.28. The van der Waals surface area contributed by atoms with Crippen molar-refractivity contribution >= 4 is 17.7 Å². The molecule has 0 aliphatic heterocycles. The molecule has 1 unspecified atom stereocenters. The molecule has 5 heteroatoms. The monoisotopic (exact) mass is 257 g/mol. The second-order valence-corrected chi connectivity index (χ2v) is 5.86. The number of amides is 1. The van der Waals surface area contributed by atoms with Gasteiger partial charge in [0.1, 0.15) is 0 Å². The van der Waals surface area contributed by atoms with Gasteiger partial charge >= 0.3 is 5.97 Å². The number of hydrogen-bond acceptors (Lipinski definition) is 3. The lowest BCUT2D eigenvalue weighted by molar-refractivity contribution is -0.148. The number of carboxylic acid groups (broad SMARTS) is 1. The molecule has 0 saturated heterocycles. The van der Waals surface area contributed by atoms with Crippen molar-refractivity contribution in [3.63, 3.8) is 0 Å². The summed E-state index contributed by atoms with van der Waals surface area (Å²) in [5.74, 6) is -2.35. The molecular formula is C13H23NO4. The number of aliphatic carboxylic acids is 1. The van der Waals surface area contributed by atoms with Crippen molar-refractivity contribution in [2.45, 2.75) is 41.0 Å². The highest BCUT2D eigenvalue weighted by atomic mass is 16.4. The summed E-state index contributed by atoms with van der Waals surface area (Å²) >= 11 is 0. The van der Waals surface area contributed by atoms with Crippen LogP contribution in [0, 0.1) is 17.3 Å². The van der Waals surface area contributed by atoms with E-state index in [0.29, 0.717) is 0 Å². The summed E-state index contributed by atoms with van der Waals surface area (Å²) in [6.45, 7) is 8.80. The number of carbonyl (C=O) groups excluding carboxylic acids is 2. The Balaban J connectivity index is 4.37. The summed E-state index contributed by atoms with van der Waals surface area (Å²) in [5, 5.41) is 11.5. The summed E-state index contributed by atoms with van der Waals surface area (Å²) in [7, 11) is 0. The first-order valence-corrected chi connectivity index (χ1v) is 6.08. The topological polar surface area (TPSA) is 83.5 Å². The number of ketones is 1. The Morgan fingerprint density at radius 2 is 1.67 bits per heavy atom. The maximum Gasteiger partial charge on any atom is 0.307 e. The predicted molar refractivity (Wildman–Crippen MR) is 68.1 cm³/mol. The number of rotatable bonds is 6. The Bertz CT molecular complexity index is 328. The molecule has 5 nitrogen and oxygen atoms in total. The maximum absolute atomic E-state index is 11.6. The third-order valence-corrected chi connectivity index (χ3v) is 2.84. The first-order chi connectivity index (χ1) is 8.05. The van der Waals surface area contributed by atoms with E-state index in [1.807, 2.05) is 0 Å². The third-order valence-electron chi connectivity index (χ3n) is 2.84. The molecule has 2 N–H and O–H groups in total. The van der Waals surface area contributed by atoms with Crippen molar-refractivity contribution in [2.24, 2.45) is 17.3 Å². The van der Waals surface area contributed by atoms with E-state index in [0.717, 1.165) is 0 Å². The quantitative estimate of drug-likeness (QED) is 0.754. The van der Waals surface area contributed by atoms with E-state index in [-0.39, 0.29) is 24.7 Å². The summed E-state index contributed by atoms with van der Waals surface area (Å²) in [6.07, 6.45) is -0.107. The van der Waals surface area contributed by atoms with Crippen LogP contribution in [0.5, 0.6) is 0 Å². The summed E-state index contributed by atoms with van der Waals surface area (Å²) in [5.41, 5.74) is -0.495. The second-order valence-electron chi connectivity index (χ2n) is 5.86. The summed E-state index contributed by atoms with van der Waals surface area (Å²) in [6, 6.07) is 0. The molecule has 0 aromatic rings. The van der Waals surface area contributed by atoms with E-state index in [2.05, 4.69) is 5.32 Å². The van der Waals surface area contributed by atoms with Gasteiger partial charge < -0.3 is 10.4 Å². The van der Waals surface area contributed by atoms with Crippen LogP contribution in [-0.2, 0) is 14.4 Å². The lowest BCUT2D eigenvalue weighted by Crippen LogP contribution is -2.37. The van der Waals surface area contributed by atoms with Gasteiger partial charge in [0.2, 0.25) is 5.91 Å². The second kappa shape index (κ2) is 6.52. The number of Topliss-reactive ketones (excluding diaryl/α,β-unsaturated/α-hetero) is 1. The average molecular weight is 257 g/mol. The average Bonchev–Trinajstić information content (AvgIpc) is 2.20. The Morgan fingerprint density at radius 3 is 2.00 bits per heavy atom. The van der Waals surface area contributed by atoms with Crippen molar-refractivity contribution in [3.8, 4) is 0 Å². The van der Waals surface area contributed by atoms with Crippen LogP contribution in [0.1, 0.15) is 41.0 Å². The summed E-state index contributed by atoms with van der Waals surface area (Å²) in [4.78, 5) is 34.0. The zero-order valence-electron chi connectivity index (χ0n) is 11.7. The van der Waals surface area contributed by atoms with Gasteiger partial charge in [0.25, 0.3) is 0 Å². The SMILES string of the molecule is CC(C)C(=O)CNC(=O)CC(C(=O)O)C(C)(C)C. The fraction of sp³-hybridized carbons (Fsp3) is 0.769. The Morgan fingerprint density at radius 1 is 1.17 bits per heavy atom. The molecule has 1 amide bonds.